The predicted octanol–water partition coefficient (Wildman–Crippen LogP) is 5.49. The van der Waals surface area contributed by atoms with Gasteiger partial charge in [0.15, 0.2) is 0 Å². The molecule has 130 valence electrons. The van der Waals surface area contributed by atoms with Crippen molar-refractivity contribution in [2.24, 2.45) is 5.41 Å². The molecule has 2 nitrogen and oxygen atoms in total. The van der Waals surface area contributed by atoms with Crippen molar-refractivity contribution < 1.29 is 5.11 Å². The summed E-state index contributed by atoms with van der Waals surface area (Å²) in [7, 11) is 3.90. The van der Waals surface area contributed by atoms with E-state index in [2.05, 4.69) is 53.7 Å². The Morgan fingerprint density at radius 2 is 1.74 bits per heavy atom. The van der Waals surface area contributed by atoms with Gasteiger partial charge in [0.1, 0.15) is 10.1 Å². The minimum atomic E-state index is -0.0736. The van der Waals surface area contributed by atoms with E-state index in [1.807, 2.05) is 19.0 Å². The number of benzene rings is 1. The van der Waals surface area contributed by atoms with E-state index < -0.39 is 0 Å². The molecule has 0 atom stereocenters. The van der Waals surface area contributed by atoms with E-state index in [0.717, 1.165) is 21.9 Å². The van der Waals surface area contributed by atoms with Crippen LogP contribution in [0.4, 0.5) is 0 Å². The molecule has 1 aromatic carbocycles. The van der Waals surface area contributed by atoms with Crippen molar-refractivity contribution >= 4 is 28.3 Å². The molecule has 0 saturated heterocycles. The van der Waals surface area contributed by atoms with Crippen LogP contribution >= 0.6 is 24.0 Å². The molecule has 23 heavy (non-hydrogen) atoms. The highest BCUT2D eigenvalue weighted by Crippen LogP contribution is 2.42. The lowest BCUT2D eigenvalue weighted by molar-refractivity contribution is 0.278. The molecular formula is C19H31NOS2. The molecule has 0 fully saturated rings. The number of nitrogens with zero attached hydrogens (tertiary/aromatic N) is 1. The molecule has 1 N–H and O–H groups in total. The Bertz CT molecular complexity index is 571. The van der Waals surface area contributed by atoms with Crippen LogP contribution in [-0.4, -0.2) is 28.4 Å². The van der Waals surface area contributed by atoms with Gasteiger partial charge in [-0.1, -0.05) is 76.3 Å². The number of aromatic hydroxyl groups is 1. The maximum Gasteiger partial charge on any atom is 0.136 e. The molecule has 0 unspecified atom stereocenters. The van der Waals surface area contributed by atoms with Gasteiger partial charge in [0, 0.05) is 31.0 Å². The third-order valence-electron chi connectivity index (χ3n) is 3.75. The van der Waals surface area contributed by atoms with Crippen molar-refractivity contribution in [3.05, 3.63) is 28.8 Å². The number of thioether (sulfide) groups is 1. The number of hydrogen-bond donors (Lipinski definition) is 1. The van der Waals surface area contributed by atoms with Crippen LogP contribution in [0.15, 0.2) is 12.1 Å². The third kappa shape index (κ3) is 6.00. The van der Waals surface area contributed by atoms with Gasteiger partial charge in [-0.25, -0.2) is 0 Å². The summed E-state index contributed by atoms with van der Waals surface area (Å²) in [4.78, 5) is 1.93. The summed E-state index contributed by atoms with van der Waals surface area (Å²) in [5.41, 5.74) is 3.33. The second-order valence-electron chi connectivity index (χ2n) is 8.39. The summed E-state index contributed by atoms with van der Waals surface area (Å²) in [5, 5.41) is 10.8. The standard InChI is InChI=1S/C19H31NOS2/c1-13-9-14(11-23-17(22)20(7)8)16(21)15(10-13)19(5,6)12-18(2,3)4/h9-10,21H,11-12H2,1-8H3. The summed E-state index contributed by atoms with van der Waals surface area (Å²) in [6, 6.07) is 4.19. The highest BCUT2D eigenvalue weighted by molar-refractivity contribution is 8.22. The molecule has 0 saturated carbocycles. The third-order valence-corrected chi connectivity index (χ3v) is 5.54. The minimum absolute atomic E-state index is 0.0736. The van der Waals surface area contributed by atoms with Gasteiger partial charge in [0.2, 0.25) is 0 Å². The second kappa shape index (κ2) is 7.43. The predicted molar refractivity (Wildman–Crippen MR) is 108 cm³/mol. The van der Waals surface area contributed by atoms with Crippen molar-refractivity contribution in [1.29, 1.82) is 0 Å². The van der Waals surface area contributed by atoms with E-state index in [1.165, 1.54) is 5.56 Å². The molecule has 1 rings (SSSR count). The number of thiocarbonyl (C=S) groups is 1. The van der Waals surface area contributed by atoms with Crippen LogP contribution in [0.1, 0.15) is 57.7 Å². The van der Waals surface area contributed by atoms with Crippen LogP contribution in [0.3, 0.4) is 0 Å². The largest absolute Gasteiger partial charge is 0.507 e. The van der Waals surface area contributed by atoms with E-state index in [0.29, 0.717) is 11.5 Å². The average molecular weight is 354 g/mol. The zero-order chi connectivity index (χ0) is 18.0. The minimum Gasteiger partial charge on any atom is -0.507 e. The zero-order valence-corrected chi connectivity index (χ0v) is 17.4. The zero-order valence-electron chi connectivity index (χ0n) is 15.8. The molecule has 0 heterocycles. The first kappa shape index (κ1) is 20.3. The number of phenolic OH excluding ortho intramolecular Hbond substituents is 1. The van der Waals surface area contributed by atoms with Gasteiger partial charge in [-0.3, -0.25) is 0 Å². The lowest BCUT2D eigenvalue weighted by Crippen LogP contribution is -2.25. The van der Waals surface area contributed by atoms with Crippen molar-refractivity contribution in [2.45, 2.75) is 59.1 Å². The summed E-state index contributed by atoms with van der Waals surface area (Å²) >= 11 is 6.93. The molecule has 1 aromatic rings. The number of aryl methyl sites for hydroxylation is 1. The number of phenols is 1. The monoisotopic (exact) mass is 353 g/mol. The number of hydrogen-bond acceptors (Lipinski definition) is 3. The Morgan fingerprint density at radius 1 is 1.17 bits per heavy atom. The molecule has 0 aliphatic rings. The van der Waals surface area contributed by atoms with Gasteiger partial charge in [-0.15, -0.1) is 0 Å². The summed E-state index contributed by atoms with van der Waals surface area (Å²) in [6.45, 7) is 13.3. The Labute approximate surface area is 151 Å². The van der Waals surface area contributed by atoms with Crippen molar-refractivity contribution in [2.75, 3.05) is 14.1 Å². The molecule has 0 bridgehead atoms. The summed E-state index contributed by atoms with van der Waals surface area (Å²) < 4.78 is 0.835. The maximum atomic E-state index is 10.8. The van der Waals surface area contributed by atoms with E-state index in [1.54, 1.807) is 11.8 Å². The van der Waals surface area contributed by atoms with Gasteiger partial charge < -0.3 is 10.0 Å². The Kier molecular flexibility index (Phi) is 6.56. The maximum absolute atomic E-state index is 10.8. The van der Waals surface area contributed by atoms with Crippen molar-refractivity contribution in [3.63, 3.8) is 0 Å². The smallest absolute Gasteiger partial charge is 0.136 e. The molecule has 0 aliphatic heterocycles. The Balaban J connectivity index is 3.14. The molecule has 0 spiro atoms. The Morgan fingerprint density at radius 3 is 2.22 bits per heavy atom. The van der Waals surface area contributed by atoms with Crippen LogP contribution in [0.5, 0.6) is 5.75 Å². The highest BCUT2D eigenvalue weighted by atomic mass is 32.2. The first-order chi connectivity index (χ1) is 10.3. The molecular weight excluding hydrogens is 322 g/mol. The van der Waals surface area contributed by atoms with Gasteiger partial charge in [-0.2, -0.15) is 0 Å². The summed E-state index contributed by atoms with van der Waals surface area (Å²) in [5.74, 6) is 1.13. The van der Waals surface area contributed by atoms with Crippen molar-refractivity contribution in [3.8, 4) is 5.75 Å². The highest BCUT2D eigenvalue weighted by Gasteiger charge is 2.30. The average Bonchev–Trinajstić information content (AvgIpc) is 2.35. The molecule has 0 aliphatic carbocycles. The fourth-order valence-electron chi connectivity index (χ4n) is 3.17. The van der Waals surface area contributed by atoms with E-state index in [-0.39, 0.29) is 10.8 Å². The summed E-state index contributed by atoms with van der Waals surface area (Å²) in [6.07, 6.45) is 1.01. The lowest BCUT2D eigenvalue weighted by atomic mass is 9.71. The second-order valence-corrected chi connectivity index (χ2v) is 10.00. The quantitative estimate of drug-likeness (QED) is 0.723. The first-order valence-corrected chi connectivity index (χ1v) is 9.40. The van der Waals surface area contributed by atoms with Crippen LogP contribution < -0.4 is 0 Å². The number of rotatable bonds is 4. The normalized spacial score (nSPS) is 12.3. The van der Waals surface area contributed by atoms with E-state index in [4.69, 9.17) is 12.2 Å². The van der Waals surface area contributed by atoms with Gasteiger partial charge in [0.05, 0.1) is 0 Å². The molecule has 0 radical (unpaired) electrons. The molecule has 0 amide bonds. The first-order valence-electron chi connectivity index (χ1n) is 8.00. The van der Waals surface area contributed by atoms with Gasteiger partial charge in [-0.05, 0) is 24.2 Å². The molecule has 0 aromatic heterocycles. The van der Waals surface area contributed by atoms with Crippen molar-refractivity contribution in [1.82, 2.24) is 4.90 Å². The van der Waals surface area contributed by atoms with E-state index in [9.17, 15) is 5.11 Å². The van der Waals surface area contributed by atoms with Crippen LogP contribution in [0.25, 0.3) is 0 Å². The van der Waals surface area contributed by atoms with Crippen LogP contribution in [-0.2, 0) is 11.2 Å². The Hall–Kier alpha value is -0.740. The van der Waals surface area contributed by atoms with E-state index >= 15 is 0 Å². The van der Waals surface area contributed by atoms with Gasteiger partial charge in [0.25, 0.3) is 0 Å². The fraction of sp³-hybridized carbons (Fsp3) is 0.632. The van der Waals surface area contributed by atoms with Crippen LogP contribution in [0, 0.1) is 12.3 Å². The lowest BCUT2D eigenvalue weighted by Gasteiger charge is -2.34. The van der Waals surface area contributed by atoms with Crippen LogP contribution in [0.2, 0.25) is 0 Å². The topological polar surface area (TPSA) is 23.5 Å². The molecule has 4 heteroatoms. The van der Waals surface area contributed by atoms with Gasteiger partial charge >= 0.3 is 0 Å². The SMILES string of the molecule is Cc1cc(CSC(=S)N(C)C)c(O)c(C(C)(C)CC(C)(C)C)c1. The fourth-order valence-corrected chi connectivity index (χ4v) is 4.10.